The Hall–Kier alpha value is -0.810. The summed E-state index contributed by atoms with van der Waals surface area (Å²) in [4.78, 5) is 25.2. The third-order valence-corrected chi connectivity index (χ3v) is 4.92. The van der Waals surface area contributed by atoms with Crippen LogP contribution in [0.2, 0.25) is 0 Å². The highest BCUT2D eigenvalue weighted by Gasteiger charge is 2.40. The average Bonchev–Trinajstić information content (AvgIpc) is 2.37. The Balaban J connectivity index is 0.00000220. The number of halogens is 1. The third kappa shape index (κ3) is 4.58. The number of carbonyl (C=O) groups is 2. The van der Waals surface area contributed by atoms with Crippen LogP contribution in [0.1, 0.15) is 38.5 Å². The van der Waals surface area contributed by atoms with Gasteiger partial charge in [0.25, 0.3) is 0 Å². The van der Waals surface area contributed by atoms with E-state index in [-0.39, 0.29) is 30.1 Å². The number of carbonyl (C=O) groups excluding carboxylic acids is 2. The van der Waals surface area contributed by atoms with Gasteiger partial charge in [-0.15, -0.1) is 12.4 Å². The lowest BCUT2D eigenvalue weighted by Gasteiger charge is -2.43. The molecule has 21 heavy (non-hydrogen) atoms. The molecule has 0 aromatic carbocycles. The van der Waals surface area contributed by atoms with Gasteiger partial charge < -0.3 is 16.0 Å². The Kier molecular flexibility index (Phi) is 6.94. The number of nitrogens with zero attached hydrogens (tertiary/aromatic N) is 1. The van der Waals surface area contributed by atoms with E-state index in [1.807, 2.05) is 0 Å². The van der Waals surface area contributed by atoms with Crippen molar-refractivity contribution in [1.82, 2.24) is 10.2 Å². The quantitative estimate of drug-likeness (QED) is 0.817. The van der Waals surface area contributed by atoms with Crippen molar-refractivity contribution < 1.29 is 9.59 Å². The monoisotopic (exact) mass is 317 g/mol. The SMILES string of the molecule is CN(C)C(=O)CCNC(=O)C1CC2CCCC(C1)C2N.Cl. The van der Waals surface area contributed by atoms with Gasteiger partial charge in [-0.3, -0.25) is 9.59 Å². The van der Waals surface area contributed by atoms with Gasteiger partial charge in [0.15, 0.2) is 0 Å². The van der Waals surface area contributed by atoms with E-state index in [9.17, 15) is 9.59 Å². The molecule has 0 aromatic heterocycles. The second-order valence-electron chi connectivity index (χ2n) is 6.53. The largest absolute Gasteiger partial charge is 0.355 e. The third-order valence-electron chi connectivity index (χ3n) is 4.92. The molecule has 0 heterocycles. The van der Waals surface area contributed by atoms with E-state index in [1.165, 1.54) is 19.3 Å². The summed E-state index contributed by atoms with van der Waals surface area (Å²) in [5, 5.41) is 2.92. The van der Waals surface area contributed by atoms with Gasteiger partial charge in [0, 0.05) is 39.0 Å². The molecule has 2 unspecified atom stereocenters. The fourth-order valence-corrected chi connectivity index (χ4v) is 3.66. The van der Waals surface area contributed by atoms with Crippen molar-refractivity contribution in [1.29, 1.82) is 0 Å². The van der Waals surface area contributed by atoms with Crippen LogP contribution in [-0.4, -0.2) is 43.4 Å². The molecule has 0 saturated heterocycles. The zero-order valence-electron chi connectivity index (χ0n) is 13.0. The summed E-state index contributed by atoms with van der Waals surface area (Å²) in [6, 6.07) is 0.295. The predicted molar refractivity (Wildman–Crippen MR) is 85.1 cm³/mol. The number of hydrogen-bond donors (Lipinski definition) is 2. The molecule has 2 fully saturated rings. The lowest BCUT2D eigenvalue weighted by Crippen LogP contribution is -2.49. The number of amides is 2. The number of nitrogens with two attached hydrogens (primary N) is 1. The molecule has 2 rings (SSSR count). The zero-order valence-corrected chi connectivity index (χ0v) is 13.8. The average molecular weight is 318 g/mol. The van der Waals surface area contributed by atoms with Crippen LogP contribution in [0.15, 0.2) is 0 Å². The fraction of sp³-hybridized carbons (Fsp3) is 0.867. The van der Waals surface area contributed by atoms with Crippen LogP contribution in [0.4, 0.5) is 0 Å². The maximum atomic E-state index is 12.2. The summed E-state index contributed by atoms with van der Waals surface area (Å²) >= 11 is 0. The second-order valence-corrected chi connectivity index (χ2v) is 6.53. The van der Waals surface area contributed by atoms with Crippen molar-refractivity contribution >= 4 is 24.2 Å². The topological polar surface area (TPSA) is 75.4 Å². The number of hydrogen-bond acceptors (Lipinski definition) is 3. The first kappa shape index (κ1) is 18.2. The smallest absolute Gasteiger partial charge is 0.223 e. The Morgan fingerprint density at radius 2 is 1.76 bits per heavy atom. The lowest BCUT2D eigenvalue weighted by atomic mass is 9.65. The van der Waals surface area contributed by atoms with E-state index in [0.717, 1.165) is 12.8 Å². The predicted octanol–water partition coefficient (Wildman–Crippen LogP) is 1.16. The lowest BCUT2D eigenvalue weighted by molar-refractivity contribution is -0.129. The first-order valence-corrected chi connectivity index (χ1v) is 7.72. The number of fused-ring (bicyclic) bond motifs is 2. The fourth-order valence-electron chi connectivity index (χ4n) is 3.66. The van der Waals surface area contributed by atoms with Crippen LogP contribution in [0.5, 0.6) is 0 Å². The summed E-state index contributed by atoms with van der Waals surface area (Å²) < 4.78 is 0. The van der Waals surface area contributed by atoms with Crippen molar-refractivity contribution in [3.8, 4) is 0 Å². The highest BCUT2D eigenvalue weighted by atomic mass is 35.5. The van der Waals surface area contributed by atoms with Crippen LogP contribution in [0.3, 0.4) is 0 Å². The summed E-state index contributed by atoms with van der Waals surface area (Å²) in [6.45, 7) is 0.438. The van der Waals surface area contributed by atoms with E-state index in [4.69, 9.17) is 5.73 Å². The molecule has 2 bridgehead atoms. The second kappa shape index (κ2) is 7.99. The standard InChI is InChI=1S/C15H27N3O2.ClH/c1-18(2)13(19)6-7-17-15(20)12-8-10-4-3-5-11(9-12)14(10)16;/h10-12,14H,3-9,16H2,1-2H3,(H,17,20);1H. The molecule has 5 nitrogen and oxygen atoms in total. The van der Waals surface area contributed by atoms with Gasteiger partial charge in [-0.05, 0) is 37.5 Å². The molecule has 2 atom stereocenters. The van der Waals surface area contributed by atoms with Crippen molar-refractivity contribution in [2.45, 2.75) is 44.6 Å². The van der Waals surface area contributed by atoms with E-state index in [2.05, 4.69) is 5.32 Å². The van der Waals surface area contributed by atoms with Crippen molar-refractivity contribution in [3.05, 3.63) is 0 Å². The van der Waals surface area contributed by atoms with Crippen molar-refractivity contribution in [2.24, 2.45) is 23.5 Å². The first-order chi connectivity index (χ1) is 9.49. The van der Waals surface area contributed by atoms with Crippen molar-refractivity contribution in [3.63, 3.8) is 0 Å². The maximum absolute atomic E-state index is 12.2. The molecule has 0 spiro atoms. The Labute approximate surface area is 133 Å². The minimum atomic E-state index is 0. The molecule has 0 aromatic rings. The summed E-state index contributed by atoms with van der Waals surface area (Å²) in [6.07, 6.45) is 5.81. The van der Waals surface area contributed by atoms with E-state index < -0.39 is 0 Å². The van der Waals surface area contributed by atoms with Crippen molar-refractivity contribution in [2.75, 3.05) is 20.6 Å². The van der Waals surface area contributed by atoms with Gasteiger partial charge in [0.1, 0.15) is 0 Å². The molecule has 2 amide bonds. The van der Waals surface area contributed by atoms with Crippen LogP contribution in [-0.2, 0) is 9.59 Å². The number of rotatable bonds is 4. The highest BCUT2D eigenvalue weighted by molar-refractivity contribution is 5.85. The van der Waals surface area contributed by atoms with Crippen LogP contribution in [0, 0.1) is 17.8 Å². The van der Waals surface area contributed by atoms with Gasteiger partial charge in [-0.25, -0.2) is 0 Å². The summed E-state index contributed by atoms with van der Waals surface area (Å²) in [5.74, 6) is 1.29. The van der Waals surface area contributed by atoms with Crippen LogP contribution >= 0.6 is 12.4 Å². The zero-order chi connectivity index (χ0) is 14.7. The maximum Gasteiger partial charge on any atom is 0.223 e. The Morgan fingerprint density at radius 3 is 2.29 bits per heavy atom. The molecule has 2 aliphatic rings. The van der Waals surface area contributed by atoms with Crippen LogP contribution in [0.25, 0.3) is 0 Å². The molecular formula is C15H28ClN3O2. The Bertz CT molecular complexity index is 362. The minimum Gasteiger partial charge on any atom is -0.355 e. The molecule has 2 aliphatic carbocycles. The molecule has 3 N–H and O–H groups in total. The normalized spacial score (nSPS) is 31.0. The van der Waals surface area contributed by atoms with E-state index in [0.29, 0.717) is 30.8 Å². The molecule has 122 valence electrons. The van der Waals surface area contributed by atoms with E-state index >= 15 is 0 Å². The van der Waals surface area contributed by atoms with Gasteiger partial charge >= 0.3 is 0 Å². The van der Waals surface area contributed by atoms with Gasteiger partial charge in [-0.1, -0.05) is 6.42 Å². The molecule has 0 radical (unpaired) electrons. The summed E-state index contributed by atoms with van der Waals surface area (Å²) in [7, 11) is 3.46. The van der Waals surface area contributed by atoms with E-state index in [1.54, 1.807) is 19.0 Å². The molecule has 0 aliphatic heterocycles. The molecule has 2 saturated carbocycles. The van der Waals surface area contributed by atoms with Gasteiger partial charge in [0.05, 0.1) is 0 Å². The van der Waals surface area contributed by atoms with Crippen LogP contribution < -0.4 is 11.1 Å². The first-order valence-electron chi connectivity index (χ1n) is 7.72. The number of nitrogens with one attached hydrogen (secondary N) is 1. The molecular weight excluding hydrogens is 290 g/mol. The Morgan fingerprint density at radius 1 is 1.19 bits per heavy atom. The minimum absolute atomic E-state index is 0. The van der Waals surface area contributed by atoms with Gasteiger partial charge in [-0.2, -0.15) is 0 Å². The summed E-state index contributed by atoms with van der Waals surface area (Å²) in [5.41, 5.74) is 6.24. The molecule has 6 heteroatoms. The van der Waals surface area contributed by atoms with Gasteiger partial charge in [0.2, 0.25) is 11.8 Å². The highest BCUT2D eigenvalue weighted by Crippen LogP contribution is 2.41.